The fraction of sp³-hybridized carbons (Fsp3) is 0.583. The van der Waals surface area contributed by atoms with Crippen molar-refractivity contribution in [1.29, 1.82) is 0 Å². The summed E-state index contributed by atoms with van der Waals surface area (Å²) in [5, 5.41) is 0. The summed E-state index contributed by atoms with van der Waals surface area (Å²) in [6.07, 6.45) is 0.435. The van der Waals surface area contributed by atoms with Crippen LogP contribution in [-0.4, -0.2) is 42.8 Å². The van der Waals surface area contributed by atoms with Crippen LogP contribution in [0.4, 0.5) is 0 Å². The average Bonchev–Trinajstić information content (AvgIpc) is 2.28. The van der Waals surface area contributed by atoms with Gasteiger partial charge in [0.15, 0.2) is 18.3 Å². The Labute approximate surface area is 110 Å². The molecule has 0 N–H and O–H groups in total. The van der Waals surface area contributed by atoms with Crippen LogP contribution in [0.5, 0.6) is 0 Å². The Morgan fingerprint density at radius 2 is 1.68 bits per heavy atom. The summed E-state index contributed by atoms with van der Waals surface area (Å²) in [7, 11) is 0. The second-order valence-corrected chi connectivity index (χ2v) is 3.95. The first-order chi connectivity index (χ1) is 8.90. The molecule has 0 aromatic heterocycles. The van der Waals surface area contributed by atoms with Crippen LogP contribution in [0.2, 0.25) is 0 Å². The minimum Gasteiger partial charge on any atom is -0.491 e. The van der Waals surface area contributed by atoms with Crippen molar-refractivity contribution in [2.75, 3.05) is 6.61 Å². The lowest BCUT2D eigenvalue weighted by molar-refractivity contribution is -0.178. The molecule has 0 saturated heterocycles. The van der Waals surface area contributed by atoms with Gasteiger partial charge in [-0.2, -0.15) is 0 Å². The van der Waals surface area contributed by atoms with Crippen LogP contribution < -0.4 is 0 Å². The lowest BCUT2D eigenvalue weighted by Gasteiger charge is -2.32. The van der Waals surface area contributed by atoms with Gasteiger partial charge in [0.25, 0.3) is 0 Å². The van der Waals surface area contributed by atoms with E-state index in [9.17, 15) is 14.4 Å². The molecule has 106 valence electrons. The van der Waals surface area contributed by atoms with Gasteiger partial charge in [0.2, 0.25) is 0 Å². The highest BCUT2D eigenvalue weighted by Gasteiger charge is 2.37. The highest BCUT2D eigenvalue weighted by Crippen LogP contribution is 2.19. The number of hydrogen-bond donors (Lipinski definition) is 0. The maximum absolute atomic E-state index is 11.1. The first-order valence-corrected chi connectivity index (χ1v) is 5.70. The molecule has 0 radical (unpaired) electrons. The van der Waals surface area contributed by atoms with Crippen molar-refractivity contribution >= 4 is 17.9 Å². The lowest BCUT2D eigenvalue weighted by atomic mass is 10.1. The summed E-state index contributed by atoms with van der Waals surface area (Å²) in [6.45, 7) is 3.62. The zero-order valence-electron chi connectivity index (χ0n) is 11.0. The smallest absolute Gasteiger partial charge is 0.303 e. The predicted molar refractivity (Wildman–Crippen MR) is 61.8 cm³/mol. The summed E-state index contributed by atoms with van der Waals surface area (Å²) in [4.78, 5) is 32.9. The molecule has 0 aromatic carbocycles. The zero-order valence-corrected chi connectivity index (χ0v) is 11.0. The predicted octanol–water partition coefficient (Wildman–Crippen LogP) is 0.325. The number of carbonyl (C=O) groups excluding carboxylic acids is 3. The van der Waals surface area contributed by atoms with Crippen LogP contribution in [0.25, 0.3) is 0 Å². The van der Waals surface area contributed by atoms with Crippen molar-refractivity contribution in [3.63, 3.8) is 0 Å². The zero-order chi connectivity index (χ0) is 14.4. The van der Waals surface area contributed by atoms with E-state index in [2.05, 4.69) is 0 Å². The monoisotopic (exact) mass is 272 g/mol. The van der Waals surface area contributed by atoms with E-state index in [1.54, 1.807) is 0 Å². The van der Waals surface area contributed by atoms with Crippen LogP contribution in [-0.2, 0) is 33.3 Å². The SMILES string of the molecule is CC(=O)OC[C@H]1OC=CC(OC(C)=O)[C@@H]1OC(C)=O. The highest BCUT2D eigenvalue weighted by atomic mass is 16.6. The van der Waals surface area contributed by atoms with Crippen LogP contribution in [0, 0.1) is 0 Å². The molecule has 3 atom stereocenters. The molecule has 0 saturated carbocycles. The molecule has 1 heterocycles. The van der Waals surface area contributed by atoms with E-state index in [1.807, 2.05) is 0 Å². The molecular formula is C12H16O7. The molecule has 19 heavy (non-hydrogen) atoms. The Bertz CT molecular complexity index is 388. The Morgan fingerprint density at radius 3 is 2.21 bits per heavy atom. The standard InChI is InChI=1S/C12H16O7/c1-7(13)17-6-11-12(19-9(3)15)10(4-5-16-11)18-8(2)14/h4-5,10-12H,6H2,1-3H3/t10?,11-,12+/m1/s1. The molecule has 1 aliphatic rings. The third-order valence-electron chi connectivity index (χ3n) is 2.27. The van der Waals surface area contributed by atoms with E-state index in [0.717, 1.165) is 0 Å². The lowest BCUT2D eigenvalue weighted by Crippen LogP contribution is -2.47. The number of rotatable bonds is 4. The summed E-state index contributed by atoms with van der Waals surface area (Å²) < 4.78 is 20.1. The Hall–Kier alpha value is -2.05. The van der Waals surface area contributed by atoms with E-state index in [0.29, 0.717) is 0 Å². The third-order valence-corrected chi connectivity index (χ3v) is 2.27. The largest absolute Gasteiger partial charge is 0.491 e. The first kappa shape index (κ1) is 15.0. The van der Waals surface area contributed by atoms with E-state index in [1.165, 1.54) is 33.1 Å². The van der Waals surface area contributed by atoms with Gasteiger partial charge in [0.05, 0.1) is 6.26 Å². The molecule has 7 heteroatoms. The van der Waals surface area contributed by atoms with Crippen LogP contribution in [0.1, 0.15) is 20.8 Å². The van der Waals surface area contributed by atoms with E-state index >= 15 is 0 Å². The second-order valence-electron chi connectivity index (χ2n) is 3.95. The maximum atomic E-state index is 11.1. The van der Waals surface area contributed by atoms with Crippen LogP contribution in [0.3, 0.4) is 0 Å². The van der Waals surface area contributed by atoms with Gasteiger partial charge in [-0.1, -0.05) is 0 Å². The molecule has 1 aliphatic heterocycles. The molecule has 7 nitrogen and oxygen atoms in total. The van der Waals surface area contributed by atoms with Gasteiger partial charge in [0, 0.05) is 20.8 Å². The summed E-state index contributed by atoms with van der Waals surface area (Å²) in [5.74, 6) is -1.54. The van der Waals surface area contributed by atoms with Crippen molar-refractivity contribution in [3.8, 4) is 0 Å². The second kappa shape index (κ2) is 6.77. The fourth-order valence-corrected chi connectivity index (χ4v) is 1.59. The fourth-order valence-electron chi connectivity index (χ4n) is 1.59. The summed E-state index contributed by atoms with van der Waals surface area (Å²) in [5.41, 5.74) is 0. The van der Waals surface area contributed by atoms with Crippen molar-refractivity contribution in [3.05, 3.63) is 12.3 Å². The molecule has 0 amide bonds. The normalized spacial score (nSPS) is 25.1. The minimum absolute atomic E-state index is 0.102. The van der Waals surface area contributed by atoms with E-state index in [-0.39, 0.29) is 6.61 Å². The molecule has 1 unspecified atom stereocenters. The van der Waals surface area contributed by atoms with Gasteiger partial charge in [0.1, 0.15) is 6.61 Å². The number of esters is 3. The molecule has 0 aromatic rings. The number of carbonyl (C=O) groups is 3. The molecular weight excluding hydrogens is 256 g/mol. The van der Waals surface area contributed by atoms with Crippen molar-refractivity contribution in [1.82, 2.24) is 0 Å². The van der Waals surface area contributed by atoms with Gasteiger partial charge >= 0.3 is 17.9 Å². The van der Waals surface area contributed by atoms with E-state index in [4.69, 9.17) is 18.9 Å². The number of ether oxygens (including phenoxy) is 4. The maximum Gasteiger partial charge on any atom is 0.303 e. The Morgan fingerprint density at radius 1 is 1.05 bits per heavy atom. The molecule has 1 rings (SSSR count). The van der Waals surface area contributed by atoms with Gasteiger partial charge in [-0.05, 0) is 6.08 Å². The average molecular weight is 272 g/mol. The molecule has 0 bridgehead atoms. The van der Waals surface area contributed by atoms with Crippen LogP contribution in [0.15, 0.2) is 12.3 Å². The summed E-state index contributed by atoms with van der Waals surface area (Å²) >= 11 is 0. The Balaban J connectivity index is 2.77. The van der Waals surface area contributed by atoms with E-state index < -0.39 is 36.2 Å². The molecule has 0 spiro atoms. The van der Waals surface area contributed by atoms with Crippen molar-refractivity contribution < 1.29 is 33.3 Å². The molecule has 0 fully saturated rings. The minimum atomic E-state index is -0.856. The van der Waals surface area contributed by atoms with Gasteiger partial charge in [-0.15, -0.1) is 0 Å². The van der Waals surface area contributed by atoms with Gasteiger partial charge in [-0.3, -0.25) is 14.4 Å². The summed E-state index contributed by atoms with van der Waals surface area (Å²) in [6, 6.07) is 0. The highest BCUT2D eigenvalue weighted by molar-refractivity contribution is 5.68. The molecule has 0 aliphatic carbocycles. The van der Waals surface area contributed by atoms with Gasteiger partial charge < -0.3 is 18.9 Å². The quantitative estimate of drug-likeness (QED) is 0.538. The first-order valence-electron chi connectivity index (χ1n) is 5.70. The third kappa shape index (κ3) is 4.99. The topological polar surface area (TPSA) is 88.1 Å². The number of hydrogen-bond acceptors (Lipinski definition) is 7. The van der Waals surface area contributed by atoms with Gasteiger partial charge in [-0.25, -0.2) is 0 Å². The Kier molecular flexibility index (Phi) is 5.35. The van der Waals surface area contributed by atoms with Crippen LogP contribution >= 0.6 is 0 Å². The van der Waals surface area contributed by atoms with Crippen molar-refractivity contribution in [2.24, 2.45) is 0 Å². The van der Waals surface area contributed by atoms with Crippen molar-refractivity contribution in [2.45, 2.75) is 39.1 Å².